The van der Waals surface area contributed by atoms with Gasteiger partial charge in [0.1, 0.15) is 24.0 Å². The van der Waals surface area contributed by atoms with Crippen molar-refractivity contribution in [3.63, 3.8) is 0 Å². The van der Waals surface area contributed by atoms with E-state index in [1.807, 2.05) is 72.8 Å². The molecule has 0 amide bonds. The van der Waals surface area contributed by atoms with E-state index < -0.39 is 18.0 Å². The summed E-state index contributed by atoms with van der Waals surface area (Å²) in [6.45, 7) is 0.0908. The molecular formula is C27H23NO4. The van der Waals surface area contributed by atoms with E-state index in [1.54, 1.807) is 36.7 Å². The fourth-order valence-corrected chi connectivity index (χ4v) is 3.37. The zero-order chi connectivity index (χ0) is 22.2. The molecule has 5 nitrogen and oxygen atoms in total. The van der Waals surface area contributed by atoms with Gasteiger partial charge in [-0.2, -0.15) is 0 Å². The van der Waals surface area contributed by atoms with Crippen LogP contribution < -0.4 is 4.74 Å². The third-order valence-electron chi connectivity index (χ3n) is 5.04. The highest BCUT2D eigenvalue weighted by molar-refractivity contribution is 5.79. The van der Waals surface area contributed by atoms with E-state index in [1.165, 1.54) is 0 Å². The van der Waals surface area contributed by atoms with Crippen LogP contribution in [0.2, 0.25) is 0 Å². The predicted octanol–water partition coefficient (Wildman–Crippen LogP) is 5.43. The summed E-state index contributed by atoms with van der Waals surface area (Å²) in [4.78, 5) is 17.1. The average Bonchev–Trinajstić information content (AvgIpc) is 2.85. The van der Waals surface area contributed by atoms with Gasteiger partial charge in [-0.05, 0) is 41.5 Å². The number of para-hydroxylation sites is 1. The summed E-state index contributed by atoms with van der Waals surface area (Å²) >= 11 is 0. The number of esters is 1. The Hall–Kier alpha value is -3.96. The topological polar surface area (TPSA) is 68.7 Å². The van der Waals surface area contributed by atoms with Gasteiger partial charge in [-0.15, -0.1) is 0 Å². The zero-order valence-electron chi connectivity index (χ0n) is 17.4. The van der Waals surface area contributed by atoms with Crippen molar-refractivity contribution in [2.24, 2.45) is 0 Å². The summed E-state index contributed by atoms with van der Waals surface area (Å²) in [5, 5.41) is 10.9. The monoisotopic (exact) mass is 425 g/mol. The molecule has 1 N–H and O–H groups in total. The standard InChI is InChI=1S/C27H23NO4/c29-26(22-10-7-17-28-18-22)25(21-8-3-1-4-9-21)27(30)31-19-20-13-15-24(16-14-20)32-23-11-5-2-6-12-23/h1-18,25-26,29H,19H2. The van der Waals surface area contributed by atoms with Crippen molar-refractivity contribution >= 4 is 5.97 Å². The number of nitrogens with zero attached hydrogens (tertiary/aromatic N) is 1. The Kier molecular flexibility index (Phi) is 6.90. The summed E-state index contributed by atoms with van der Waals surface area (Å²) in [7, 11) is 0. The van der Waals surface area contributed by atoms with Crippen LogP contribution in [0.1, 0.15) is 28.7 Å². The second kappa shape index (κ2) is 10.4. The Balaban J connectivity index is 1.44. The Bertz CT molecular complexity index is 1120. The van der Waals surface area contributed by atoms with Gasteiger partial charge in [-0.25, -0.2) is 0 Å². The normalized spacial score (nSPS) is 12.5. The summed E-state index contributed by atoms with van der Waals surface area (Å²) < 4.78 is 11.4. The molecule has 1 heterocycles. The molecule has 0 aliphatic heterocycles. The first-order chi connectivity index (χ1) is 15.7. The van der Waals surface area contributed by atoms with Crippen LogP contribution in [0.25, 0.3) is 0 Å². The lowest BCUT2D eigenvalue weighted by Crippen LogP contribution is -2.23. The van der Waals surface area contributed by atoms with Gasteiger partial charge in [0, 0.05) is 18.0 Å². The van der Waals surface area contributed by atoms with Crippen LogP contribution in [0.3, 0.4) is 0 Å². The molecule has 0 saturated heterocycles. The van der Waals surface area contributed by atoms with Crippen molar-refractivity contribution in [2.45, 2.75) is 18.6 Å². The minimum Gasteiger partial charge on any atom is -0.460 e. The second-order valence-electron chi connectivity index (χ2n) is 7.29. The molecule has 2 unspecified atom stereocenters. The number of aliphatic hydroxyl groups excluding tert-OH is 1. The van der Waals surface area contributed by atoms with Crippen LogP contribution in [0, 0.1) is 0 Å². The van der Waals surface area contributed by atoms with Gasteiger partial charge in [-0.1, -0.05) is 66.7 Å². The molecule has 0 aliphatic carbocycles. The summed E-state index contributed by atoms with van der Waals surface area (Å²) in [5.74, 6) is 0.0838. The number of benzene rings is 3. The molecule has 3 aromatic carbocycles. The van der Waals surface area contributed by atoms with Crippen molar-refractivity contribution in [1.29, 1.82) is 0 Å². The molecule has 0 saturated carbocycles. The number of carbonyl (C=O) groups is 1. The van der Waals surface area contributed by atoms with Crippen LogP contribution in [-0.4, -0.2) is 16.1 Å². The van der Waals surface area contributed by atoms with Crippen LogP contribution in [0.15, 0.2) is 109 Å². The van der Waals surface area contributed by atoms with Crippen LogP contribution >= 0.6 is 0 Å². The maximum Gasteiger partial charge on any atom is 0.316 e. The highest BCUT2D eigenvalue weighted by atomic mass is 16.5. The zero-order valence-corrected chi connectivity index (χ0v) is 17.4. The highest BCUT2D eigenvalue weighted by Gasteiger charge is 2.31. The first-order valence-electron chi connectivity index (χ1n) is 10.3. The van der Waals surface area contributed by atoms with Gasteiger partial charge in [0.25, 0.3) is 0 Å². The van der Waals surface area contributed by atoms with Gasteiger partial charge in [0.15, 0.2) is 0 Å². The van der Waals surface area contributed by atoms with E-state index in [2.05, 4.69) is 4.98 Å². The molecule has 4 aromatic rings. The van der Waals surface area contributed by atoms with E-state index in [0.29, 0.717) is 16.9 Å². The maximum absolute atomic E-state index is 13.0. The van der Waals surface area contributed by atoms with Gasteiger partial charge >= 0.3 is 5.97 Å². The molecule has 2 atom stereocenters. The first kappa shape index (κ1) is 21.3. The minimum atomic E-state index is -1.07. The van der Waals surface area contributed by atoms with Gasteiger partial charge in [0.05, 0.1) is 6.10 Å². The molecule has 0 bridgehead atoms. The van der Waals surface area contributed by atoms with Crippen molar-refractivity contribution in [1.82, 2.24) is 4.98 Å². The van der Waals surface area contributed by atoms with Crippen molar-refractivity contribution in [3.8, 4) is 11.5 Å². The molecule has 160 valence electrons. The second-order valence-corrected chi connectivity index (χ2v) is 7.29. The number of rotatable bonds is 8. The summed E-state index contributed by atoms with van der Waals surface area (Å²) in [5.41, 5.74) is 2.06. The van der Waals surface area contributed by atoms with Crippen molar-refractivity contribution < 1.29 is 19.4 Å². The number of pyridine rings is 1. The number of hydrogen-bond acceptors (Lipinski definition) is 5. The lowest BCUT2D eigenvalue weighted by atomic mass is 9.90. The smallest absolute Gasteiger partial charge is 0.316 e. The fourth-order valence-electron chi connectivity index (χ4n) is 3.37. The molecule has 1 aromatic heterocycles. The SMILES string of the molecule is O=C(OCc1ccc(Oc2ccccc2)cc1)C(c1ccccc1)C(O)c1cccnc1. The number of ether oxygens (including phenoxy) is 2. The van der Waals surface area contributed by atoms with Crippen LogP contribution in [0.4, 0.5) is 0 Å². The molecule has 0 fully saturated rings. The van der Waals surface area contributed by atoms with Crippen molar-refractivity contribution in [3.05, 3.63) is 126 Å². The molecule has 4 rings (SSSR count). The Morgan fingerprint density at radius 2 is 1.41 bits per heavy atom. The van der Waals surface area contributed by atoms with Gasteiger partial charge in [-0.3, -0.25) is 9.78 Å². The third kappa shape index (κ3) is 5.39. The summed E-state index contributed by atoms with van der Waals surface area (Å²) in [6.07, 6.45) is 2.11. The number of hydrogen-bond donors (Lipinski definition) is 1. The third-order valence-corrected chi connectivity index (χ3v) is 5.04. The quantitative estimate of drug-likeness (QED) is 0.381. The van der Waals surface area contributed by atoms with Gasteiger partial charge in [0.2, 0.25) is 0 Å². The lowest BCUT2D eigenvalue weighted by Gasteiger charge is -2.22. The maximum atomic E-state index is 13.0. The Morgan fingerprint density at radius 3 is 2.06 bits per heavy atom. The van der Waals surface area contributed by atoms with Crippen LogP contribution in [0.5, 0.6) is 11.5 Å². The van der Waals surface area contributed by atoms with E-state index in [0.717, 1.165) is 11.3 Å². The molecule has 0 spiro atoms. The van der Waals surface area contributed by atoms with E-state index in [4.69, 9.17) is 9.47 Å². The fraction of sp³-hybridized carbons (Fsp3) is 0.111. The molecule has 0 radical (unpaired) electrons. The van der Waals surface area contributed by atoms with E-state index in [9.17, 15) is 9.90 Å². The highest BCUT2D eigenvalue weighted by Crippen LogP contribution is 2.32. The molecule has 5 heteroatoms. The van der Waals surface area contributed by atoms with E-state index >= 15 is 0 Å². The number of aromatic nitrogens is 1. The Morgan fingerprint density at radius 1 is 0.781 bits per heavy atom. The van der Waals surface area contributed by atoms with Crippen molar-refractivity contribution in [2.75, 3.05) is 0 Å². The first-order valence-corrected chi connectivity index (χ1v) is 10.3. The summed E-state index contributed by atoms with van der Waals surface area (Å²) in [6, 6.07) is 29.5. The van der Waals surface area contributed by atoms with Crippen LogP contribution in [-0.2, 0) is 16.1 Å². The minimum absolute atomic E-state index is 0.0908. The largest absolute Gasteiger partial charge is 0.460 e. The molecule has 0 aliphatic rings. The lowest BCUT2D eigenvalue weighted by molar-refractivity contribution is -0.149. The molecular weight excluding hydrogens is 402 g/mol. The number of aliphatic hydroxyl groups is 1. The van der Waals surface area contributed by atoms with Gasteiger partial charge < -0.3 is 14.6 Å². The predicted molar refractivity (Wildman–Crippen MR) is 121 cm³/mol. The Labute approximate surface area is 186 Å². The molecule has 32 heavy (non-hydrogen) atoms. The average molecular weight is 425 g/mol. The van der Waals surface area contributed by atoms with E-state index in [-0.39, 0.29) is 6.61 Å². The number of carbonyl (C=O) groups excluding carboxylic acids is 1.